The van der Waals surface area contributed by atoms with E-state index in [1.807, 2.05) is 0 Å². The molecule has 10 heavy (non-hydrogen) atoms. The average molecular weight is 252 g/mol. The normalized spacial score (nSPS) is 10.6. The van der Waals surface area contributed by atoms with Crippen LogP contribution in [0.4, 0.5) is 0 Å². The van der Waals surface area contributed by atoms with Gasteiger partial charge < -0.3 is 0 Å². The lowest BCUT2D eigenvalue weighted by atomic mass is 10.3. The molecule has 0 atom stereocenters. The minimum Gasteiger partial charge on any atom is -0.107 e. The zero-order valence-electron chi connectivity index (χ0n) is 6.84. The smallest absolute Gasteiger partial charge is 0.0169 e. The van der Waals surface area contributed by atoms with Gasteiger partial charge in [-0.25, -0.2) is 0 Å². The summed E-state index contributed by atoms with van der Waals surface area (Å²) in [4.78, 5) is 0. The van der Waals surface area contributed by atoms with Crippen molar-refractivity contribution in [2.24, 2.45) is 0 Å². The summed E-state index contributed by atoms with van der Waals surface area (Å²) < 4.78 is 0. The summed E-state index contributed by atoms with van der Waals surface area (Å²) in [5.74, 6) is 0. The SMILES string of the molecule is CCC=CC/C=C\CC.I. The van der Waals surface area contributed by atoms with Crippen molar-refractivity contribution < 1.29 is 0 Å². The van der Waals surface area contributed by atoms with Gasteiger partial charge in [0.2, 0.25) is 0 Å². The minimum atomic E-state index is 0. The van der Waals surface area contributed by atoms with Crippen LogP contribution in [-0.4, -0.2) is 0 Å². The van der Waals surface area contributed by atoms with Gasteiger partial charge in [0.25, 0.3) is 0 Å². The van der Waals surface area contributed by atoms with E-state index in [0.29, 0.717) is 0 Å². The molecule has 0 aliphatic rings. The highest BCUT2D eigenvalue weighted by molar-refractivity contribution is 14.0. The van der Waals surface area contributed by atoms with Crippen LogP contribution < -0.4 is 0 Å². The van der Waals surface area contributed by atoms with Gasteiger partial charge in [-0.05, 0) is 19.3 Å². The van der Waals surface area contributed by atoms with Crippen molar-refractivity contribution in [2.45, 2.75) is 33.1 Å². The third-order valence-corrected chi connectivity index (χ3v) is 1.08. The van der Waals surface area contributed by atoms with E-state index in [2.05, 4.69) is 38.2 Å². The third kappa shape index (κ3) is 11.1. The number of allylic oxidation sites excluding steroid dienone is 4. The van der Waals surface area contributed by atoms with Crippen LogP contribution in [0.25, 0.3) is 0 Å². The molecule has 0 saturated carbocycles. The van der Waals surface area contributed by atoms with Crippen molar-refractivity contribution in [1.29, 1.82) is 0 Å². The number of rotatable bonds is 4. The van der Waals surface area contributed by atoms with Gasteiger partial charge in [0.1, 0.15) is 0 Å². The van der Waals surface area contributed by atoms with Crippen molar-refractivity contribution in [2.75, 3.05) is 0 Å². The van der Waals surface area contributed by atoms with Crippen LogP contribution in [0.15, 0.2) is 24.3 Å². The van der Waals surface area contributed by atoms with E-state index in [-0.39, 0.29) is 24.0 Å². The molecule has 0 aromatic carbocycles. The highest BCUT2D eigenvalue weighted by atomic mass is 127. The second-order valence-corrected chi connectivity index (χ2v) is 2.00. The van der Waals surface area contributed by atoms with Crippen LogP contribution in [0.1, 0.15) is 33.1 Å². The fraction of sp³-hybridized carbons (Fsp3) is 0.556. The summed E-state index contributed by atoms with van der Waals surface area (Å²) in [5.41, 5.74) is 0. The zero-order chi connectivity index (χ0) is 6.95. The van der Waals surface area contributed by atoms with E-state index in [9.17, 15) is 0 Å². The molecular weight excluding hydrogens is 235 g/mol. The highest BCUT2D eigenvalue weighted by Crippen LogP contribution is 1.89. The van der Waals surface area contributed by atoms with E-state index in [1.54, 1.807) is 0 Å². The Hall–Kier alpha value is 0.210. The quantitative estimate of drug-likeness (QED) is 0.525. The largest absolute Gasteiger partial charge is 0.107 e. The molecule has 0 saturated heterocycles. The third-order valence-electron chi connectivity index (χ3n) is 1.08. The Bertz CT molecular complexity index is 80.9. The van der Waals surface area contributed by atoms with E-state index >= 15 is 0 Å². The maximum atomic E-state index is 2.20. The van der Waals surface area contributed by atoms with Gasteiger partial charge in [0.15, 0.2) is 0 Å². The molecule has 0 spiro atoms. The molecule has 0 aromatic heterocycles. The summed E-state index contributed by atoms with van der Waals surface area (Å²) in [6.07, 6.45) is 12.2. The first-order valence-corrected chi connectivity index (χ1v) is 3.71. The molecule has 0 aliphatic carbocycles. The Kier molecular flexibility index (Phi) is 15.3. The van der Waals surface area contributed by atoms with Gasteiger partial charge in [-0.15, -0.1) is 24.0 Å². The van der Waals surface area contributed by atoms with Gasteiger partial charge in [-0.2, -0.15) is 0 Å². The molecule has 60 valence electrons. The second kappa shape index (κ2) is 11.9. The highest BCUT2D eigenvalue weighted by Gasteiger charge is 1.68. The molecule has 0 amide bonds. The molecule has 0 heterocycles. The van der Waals surface area contributed by atoms with Crippen molar-refractivity contribution in [3.8, 4) is 0 Å². The molecule has 0 N–H and O–H groups in total. The minimum absolute atomic E-state index is 0. The summed E-state index contributed by atoms with van der Waals surface area (Å²) >= 11 is 0. The first kappa shape index (κ1) is 12.8. The van der Waals surface area contributed by atoms with Crippen LogP contribution in [0.5, 0.6) is 0 Å². The van der Waals surface area contributed by atoms with E-state index in [4.69, 9.17) is 0 Å². The molecular formula is C9H17I. The Morgan fingerprint density at radius 2 is 1.20 bits per heavy atom. The van der Waals surface area contributed by atoms with Crippen LogP contribution in [0.2, 0.25) is 0 Å². The molecule has 0 aromatic rings. The molecule has 0 radical (unpaired) electrons. The standard InChI is InChI=1S/C9H16.HI/c1-3-5-7-9-8-6-4-2;/h5-8H,3-4,9H2,1-2H3;1H/b7-5-,8-6?;. The van der Waals surface area contributed by atoms with Crippen LogP contribution in [0, 0.1) is 0 Å². The molecule has 0 aliphatic heterocycles. The van der Waals surface area contributed by atoms with Crippen LogP contribution in [0.3, 0.4) is 0 Å². The Balaban J connectivity index is 0. The molecule has 1 heteroatoms. The van der Waals surface area contributed by atoms with Gasteiger partial charge in [-0.1, -0.05) is 38.2 Å². The van der Waals surface area contributed by atoms with Crippen molar-refractivity contribution >= 4 is 24.0 Å². The number of hydrogen-bond acceptors (Lipinski definition) is 0. The van der Waals surface area contributed by atoms with Crippen LogP contribution in [-0.2, 0) is 0 Å². The average Bonchev–Trinajstić information content (AvgIpc) is 1.89. The predicted octanol–water partition coefficient (Wildman–Crippen LogP) is 3.93. The summed E-state index contributed by atoms with van der Waals surface area (Å²) in [5, 5.41) is 0. The van der Waals surface area contributed by atoms with E-state index in [1.165, 1.54) is 0 Å². The lowest BCUT2D eigenvalue weighted by molar-refractivity contribution is 1.18. The fourth-order valence-corrected chi connectivity index (χ4v) is 0.604. The Morgan fingerprint density at radius 1 is 0.800 bits per heavy atom. The maximum absolute atomic E-state index is 2.20. The van der Waals surface area contributed by atoms with Crippen molar-refractivity contribution in [3.05, 3.63) is 24.3 Å². The predicted molar refractivity (Wildman–Crippen MR) is 58.9 cm³/mol. The van der Waals surface area contributed by atoms with E-state index in [0.717, 1.165) is 19.3 Å². The van der Waals surface area contributed by atoms with Gasteiger partial charge in [0, 0.05) is 0 Å². The van der Waals surface area contributed by atoms with Gasteiger partial charge in [0.05, 0.1) is 0 Å². The Morgan fingerprint density at radius 3 is 1.50 bits per heavy atom. The first-order chi connectivity index (χ1) is 4.41. The Labute approximate surface area is 81.4 Å². The fourth-order valence-electron chi connectivity index (χ4n) is 0.604. The molecule has 0 bridgehead atoms. The topological polar surface area (TPSA) is 0 Å². The lowest BCUT2D eigenvalue weighted by Crippen LogP contribution is -1.58. The second-order valence-electron chi connectivity index (χ2n) is 2.00. The lowest BCUT2D eigenvalue weighted by Gasteiger charge is -1.79. The maximum Gasteiger partial charge on any atom is -0.0169 e. The van der Waals surface area contributed by atoms with Gasteiger partial charge in [-0.3, -0.25) is 0 Å². The first-order valence-electron chi connectivity index (χ1n) is 3.71. The number of hydrogen-bond donors (Lipinski definition) is 0. The number of halogens is 1. The molecule has 0 unspecified atom stereocenters. The molecule has 0 nitrogen and oxygen atoms in total. The van der Waals surface area contributed by atoms with E-state index < -0.39 is 0 Å². The van der Waals surface area contributed by atoms with Crippen molar-refractivity contribution in [1.82, 2.24) is 0 Å². The monoisotopic (exact) mass is 252 g/mol. The summed E-state index contributed by atoms with van der Waals surface area (Å²) in [7, 11) is 0. The zero-order valence-corrected chi connectivity index (χ0v) is 9.17. The summed E-state index contributed by atoms with van der Waals surface area (Å²) in [6.45, 7) is 4.31. The van der Waals surface area contributed by atoms with Gasteiger partial charge >= 0.3 is 0 Å². The molecule has 0 fully saturated rings. The molecule has 0 rings (SSSR count). The van der Waals surface area contributed by atoms with Crippen molar-refractivity contribution in [3.63, 3.8) is 0 Å². The van der Waals surface area contributed by atoms with Crippen LogP contribution >= 0.6 is 24.0 Å². The summed E-state index contributed by atoms with van der Waals surface area (Å²) in [6, 6.07) is 0.